The van der Waals surface area contributed by atoms with Gasteiger partial charge in [0.1, 0.15) is 6.04 Å². The molecule has 1 atom stereocenters. The van der Waals surface area contributed by atoms with E-state index in [2.05, 4.69) is 11.4 Å². The first-order chi connectivity index (χ1) is 11.4. The van der Waals surface area contributed by atoms with Crippen LogP contribution in [-0.2, 0) is 9.59 Å². The molecule has 0 aromatic heterocycles. The molecule has 0 saturated carbocycles. The maximum Gasteiger partial charge on any atom is 0.256 e. The van der Waals surface area contributed by atoms with Crippen LogP contribution in [0.5, 0.6) is 0 Å². The molecule has 1 aliphatic rings. The van der Waals surface area contributed by atoms with E-state index >= 15 is 0 Å². The molecule has 1 heterocycles. The van der Waals surface area contributed by atoms with E-state index in [1.165, 1.54) is 10.5 Å². The number of benzene rings is 2. The molecule has 0 aliphatic carbocycles. The van der Waals surface area contributed by atoms with E-state index in [0.717, 1.165) is 22.4 Å². The van der Waals surface area contributed by atoms with Gasteiger partial charge in [-0.1, -0.05) is 29.8 Å². The molecule has 3 rings (SSSR count). The van der Waals surface area contributed by atoms with E-state index in [0.29, 0.717) is 5.69 Å². The Morgan fingerprint density at radius 3 is 2.29 bits per heavy atom. The van der Waals surface area contributed by atoms with Gasteiger partial charge in [0.05, 0.1) is 12.1 Å². The molecule has 2 aromatic rings. The van der Waals surface area contributed by atoms with Crippen molar-refractivity contribution in [3.63, 3.8) is 0 Å². The van der Waals surface area contributed by atoms with Gasteiger partial charge in [-0.05, 0) is 56.5 Å². The second kappa shape index (κ2) is 6.11. The van der Waals surface area contributed by atoms with Gasteiger partial charge in [-0.15, -0.1) is 0 Å². The number of hydrogen-bond donors (Lipinski definition) is 1. The van der Waals surface area contributed by atoms with Crippen LogP contribution in [0, 0.1) is 27.7 Å². The molecular weight excluding hydrogens is 300 g/mol. The molecule has 2 aromatic carbocycles. The number of carbonyl (C=O) groups excluding carboxylic acids is 2. The highest BCUT2D eigenvalue weighted by Gasteiger charge is 2.40. The van der Waals surface area contributed by atoms with Gasteiger partial charge in [0.2, 0.25) is 5.91 Å². The number of nitrogens with one attached hydrogen (secondary N) is 1. The fourth-order valence-corrected chi connectivity index (χ4v) is 3.12. The third kappa shape index (κ3) is 2.92. The standard InChI is InChI=1S/C20H22N2O2/c1-12-6-8-16(15(4)9-12)21-17-11-19(23)22(20(17)24)18-10-13(2)5-7-14(18)3/h5-10,17,21H,11H2,1-4H3/t17-/m1/s1. The Labute approximate surface area is 142 Å². The number of carbonyl (C=O) groups is 2. The van der Waals surface area contributed by atoms with Crippen molar-refractivity contribution in [1.29, 1.82) is 0 Å². The van der Waals surface area contributed by atoms with Gasteiger partial charge in [-0.25, -0.2) is 4.90 Å². The smallest absolute Gasteiger partial charge is 0.256 e. The summed E-state index contributed by atoms with van der Waals surface area (Å²) >= 11 is 0. The summed E-state index contributed by atoms with van der Waals surface area (Å²) in [5.74, 6) is -0.343. The van der Waals surface area contributed by atoms with Crippen molar-refractivity contribution in [3.8, 4) is 0 Å². The van der Waals surface area contributed by atoms with Crippen LogP contribution < -0.4 is 10.2 Å². The highest BCUT2D eigenvalue weighted by molar-refractivity contribution is 6.23. The molecule has 2 amide bonds. The molecular formula is C20H22N2O2. The monoisotopic (exact) mass is 322 g/mol. The van der Waals surface area contributed by atoms with Crippen LogP contribution in [0.15, 0.2) is 36.4 Å². The summed E-state index contributed by atoms with van der Waals surface area (Å²) in [4.78, 5) is 26.6. The second-order valence-corrected chi connectivity index (χ2v) is 6.58. The molecule has 124 valence electrons. The van der Waals surface area contributed by atoms with Gasteiger partial charge in [-0.2, -0.15) is 0 Å². The van der Waals surface area contributed by atoms with E-state index in [9.17, 15) is 9.59 Å². The molecule has 1 N–H and O–H groups in total. The van der Waals surface area contributed by atoms with Gasteiger partial charge in [0.15, 0.2) is 0 Å². The van der Waals surface area contributed by atoms with Gasteiger partial charge in [-0.3, -0.25) is 9.59 Å². The summed E-state index contributed by atoms with van der Waals surface area (Å²) in [6.07, 6.45) is 0.180. The topological polar surface area (TPSA) is 49.4 Å². The Hall–Kier alpha value is -2.62. The number of anilines is 2. The number of imide groups is 1. The lowest BCUT2D eigenvalue weighted by Gasteiger charge is -2.19. The summed E-state index contributed by atoms with van der Waals surface area (Å²) < 4.78 is 0. The Morgan fingerprint density at radius 2 is 1.58 bits per heavy atom. The van der Waals surface area contributed by atoms with Crippen molar-refractivity contribution in [2.24, 2.45) is 0 Å². The minimum atomic E-state index is -0.515. The molecule has 0 radical (unpaired) electrons. The predicted octanol–water partition coefficient (Wildman–Crippen LogP) is 3.66. The quantitative estimate of drug-likeness (QED) is 0.877. The van der Waals surface area contributed by atoms with Crippen LogP contribution >= 0.6 is 0 Å². The Bertz CT molecular complexity index is 826. The highest BCUT2D eigenvalue weighted by atomic mass is 16.2. The number of hydrogen-bond acceptors (Lipinski definition) is 3. The van der Waals surface area contributed by atoms with Crippen molar-refractivity contribution < 1.29 is 9.59 Å². The normalized spacial score (nSPS) is 17.5. The molecule has 1 fully saturated rings. The number of rotatable bonds is 3. The average molecular weight is 322 g/mol. The summed E-state index contributed by atoms with van der Waals surface area (Å²) in [6, 6.07) is 11.3. The van der Waals surface area contributed by atoms with E-state index in [4.69, 9.17) is 0 Å². The molecule has 1 saturated heterocycles. The fourth-order valence-electron chi connectivity index (χ4n) is 3.12. The van der Waals surface area contributed by atoms with Crippen molar-refractivity contribution in [2.45, 2.75) is 40.2 Å². The van der Waals surface area contributed by atoms with Crippen LogP contribution in [0.3, 0.4) is 0 Å². The molecule has 1 aliphatic heterocycles. The zero-order valence-electron chi connectivity index (χ0n) is 14.5. The molecule has 0 unspecified atom stereocenters. The van der Waals surface area contributed by atoms with Gasteiger partial charge in [0, 0.05) is 5.69 Å². The summed E-state index contributed by atoms with van der Waals surface area (Å²) in [6.45, 7) is 7.90. The SMILES string of the molecule is Cc1ccc(N[C@@H]2CC(=O)N(c3cc(C)ccc3C)C2=O)c(C)c1. The van der Waals surface area contributed by atoms with Gasteiger partial charge >= 0.3 is 0 Å². The average Bonchev–Trinajstić information content (AvgIpc) is 2.79. The molecule has 4 nitrogen and oxygen atoms in total. The predicted molar refractivity (Wildman–Crippen MR) is 96.4 cm³/mol. The minimum absolute atomic E-state index is 0.157. The Kier molecular flexibility index (Phi) is 4.14. The first-order valence-electron chi connectivity index (χ1n) is 8.14. The number of amides is 2. The number of nitrogens with zero attached hydrogens (tertiary/aromatic N) is 1. The van der Waals surface area contributed by atoms with Crippen molar-refractivity contribution in [3.05, 3.63) is 58.7 Å². The molecule has 4 heteroatoms. The van der Waals surface area contributed by atoms with Gasteiger partial charge in [0.25, 0.3) is 5.91 Å². The van der Waals surface area contributed by atoms with Crippen LogP contribution in [-0.4, -0.2) is 17.9 Å². The third-order valence-corrected chi connectivity index (χ3v) is 4.46. The second-order valence-electron chi connectivity index (χ2n) is 6.58. The number of aryl methyl sites for hydroxylation is 4. The lowest BCUT2D eigenvalue weighted by atomic mass is 10.1. The summed E-state index contributed by atoms with van der Waals surface area (Å²) in [5.41, 5.74) is 5.78. The summed E-state index contributed by atoms with van der Waals surface area (Å²) in [7, 11) is 0. The largest absolute Gasteiger partial charge is 0.373 e. The van der Waals surface area contributed by atoms with E-state index < -0.39 is 6.04 Å². The Morgan fingerprint density at radius 1 is 0.917 bits per heavy atom. The highest BCUT2D eigenvalue weighted by Crippen LogP contribution is 2.29. The maximum atomic E-state index is 12.8. The zero-order valence-corrected chi connectivity index (χ0v) is 14.5. The fraction of sp³-hybridized carbons (Fsp3) is 0.300. The van der Waals surface area contributed by atoms with Crippen LogP contribution in [0.2, 0.25) is 0 Å². The lowest BCUT2D eigenvalue weighted by molar-refractivity contribution is -0.121. The maximum absolute atomic E-state index is 12.8. The first kappa shape index (κ1) is 16.2. The Balaban J connectivity index is 1.87. The lowest BCUT2D eigenvalue weighted by Crippen LogP contribution is -2.35. The van der Waals surface area contributed by atoms with Crippen LogP contribution in [0.1, 0.15) is 28.7 Å². The first-order valence-corrected chi connectivity index (χ1v) is 8.14. The van der Waals surface area contributed by atoms with Crippen LogP contribution in [0.4, 0.5) is 11.4 Å². The van der Waals surface area contributed by atoms with Crippen molar-refractivity contribution in [2.75, 3.05) is 10.2 Å². The van der Waals surface area contributed by atoms with Crippen molar-refractivity contribution in [1.82, 2.24) is 0 Å². The van der Waals surface area contributed by atoms with E-state index in [1.54, 1.807) is 0 Å². The van der Waals surface area contributed by atoms with Gasteiger partial charge < -0.3 is 5.32 Å². The molecule has 0 spiro atoms. The minimum Gasteiger partial charge on any atom is -0.373 e. The zero-order chi connectivity index (χ0) is 17.4. The van der Waals surface area contributed by atoms with E-state index in [-0.39, 0.29) is 18.2 Å². The third-order valence-electron chi connectivity index (χ3n) is 4.46. The molecule has 0 bridgehead atoms. The van der Waals surface area contributed by atoms with E-state index in [1.807, 2.05) is 58.0 Å². The van der Waals surface area contributed by atoms with Crippen molar-refractivity contribution >= 4 is 23.2 Å². The summed E-state index contributed by atoms with van der Waals surface area (Å²) in [5, 5.41) is 3.24. The molecule has 24 heavy (non-hydrogen) atoms. The van der Waals surface area contributed by atoms with Crippen LogP contribution in [0.25, 0.3) is 0 Å².